The highest BCUT2D eigenvalue weighted by atomic mass is 16.5. The van der Waals surface area contributed by atoms with E-state index in [1.807, 2.05) is 0 Å². The summed E-state index contributed by atoms with van der Waals surface area (Å²) >= 11 is 0. The Morgan fingerprint density at radius 2 is 1.93 bits per heavy atom. The predicted molar refractivity (Wildman–Crippen MR) is 54.2 cm³/mol. The molecule has 0 radical (unpaired) electrons. The average Bonchev–Trinajstić information content (AvgIpc) is 2.41. The van der Waals surface area contributed by atoms with Crippen molar-refractivity contribution in [2.24, 2.45) is 0 Å². The molecule has 1 rings (SSSR count). The molecular weight excluding hydrogens is 180 g/mol. The quantitative estimate of drug-likeness (QED) is 0.557. The summed E-state index contributed by atoms with van der Waals surface area (Å²) in [6.07, 6.45) is 7.01. The molecule has 0 aromatic rings. The van der Waals surface area contributed by atoms with E-state index in [-0.39, 0.29) is 0 Å². The Bertz CT molecular complexity index is 203. The van der Waals surface area contributed by atoms with Crippen molar-refractivity contribution in [2.75, 3.05) is 6.61 Å². The lowest BCUT2D eigenvalue weighted by atomic mass is 9.94. The van der Waals surface area contributed by atoms with Gasteiger partial charge in [0, 0.05) is 0 Å². The molecule has 1 aliphatic carbocycles. The van der Waals surface area contributed by atoms with Crippen LogP contribution in [0.2, 0.25) is 0 Å². The number of hydrogen-bond donors (Lipinski definition) is 1. The maximum absolute atomic E-state index is 11.2. The Morgan fingerprint density at radius 3 is 2.36 bits per heavy atom. The zero-order chi connectivity index (χ0) is 10.4. The number of aliphatic carboxylic acids is 1. The van der Waals surface area contributed by atoms with Gasteiger partial charge in [0.15, 0.2) is 5.60 Å². The third-order valence-electron chi connectivity index (χ3n) is 2.78. The summed E-state index contributed by atoms with van der Waals surface area (Å²) in [5.74, 6) is -0.818. The van der Waals surface area contributed by atoms with E-state index in [2.05, 4.69) is 6.58 Å². The summed E-state index contributed by atoms with van der Waals surface area (Å²) in [7, 11) is 0. The van der Waals surface area contributed by atoms with Crippen molar-refractivity contribution in [3.63, 3.8) is 0 Å². The van der Waals surface area contributed by atoms with Gasteiger partial charge in [-0.25, -0.2) is 4.79 Å². The lowest BCUT2D eigenvalue weighted by Gasteiger charge is -2.27. The Kier molecular flexibility index (Phi) is 4.14. The molecule has 0 heterocycles. The van der Waals surface area contributed by atoms with Gasteiger partial charge in [-0.15, -0.1) is 6.58 Å². The van der Waals surface area contributed by atoms with Gasteiger partial charge in [-0.2, -0.15) is 0 Å². The van der Waals surface area contributed by atoms with Gasteiger partial charge in [0.2, 0.25) is 0 Å². The first-order chi connectivity index (χ1) is 6.71. The van der Waals surface area contributed by atoms with Crippen LogP contribution >= 0.6 is 0 Å². The first-order valence-electron chi connectivity index (χ1n) is 5.19. The number of carbonyl (C=O) groups is 1. The fourth-order valence-electron chi connectivity index (χ4n) is 1.94. The van der Waals surface area contributed by atoms with Crippen LogP contribution in [0.3, 0.4) is 0 Å². The standard InChI is InChI=1S/C11H18O3/c1-2-9-14-11(10(12)13)7-5-3-4-6-8-11/h2H,1,3-9H2,(H,12,13). The van der Waals surface area contributed by atoms with Crippen LogP contribution in [-0.2, 0) is 9.53 Å². The molecule has 0 amide bonds. The Balaban J connectivity index is 2.66. The maximum atomic E-state index is 11.2. The molecule has 80 valence electrons. The van der Waals surface area contributed by atoms with Crippen LogP contribution in [0, 0.1) is 0 Å². The number of carboxylic acid groups (broad SMARTS) is 1. The minimum Gasteiger partial charge on any atom is -0.479 e. The largest absolute Gasteiger partial charge is 0.479 e. The van der Waals surface area contributed by atoms with E-state index >= 15 is 0 Å². The van der Waals surface area contributed by atoms with Gasteiger partial charge in [0.1, 0.15) is 0 Å². The fourth-order valence-corrected chi connectivity index (χ4v) is 1.94. The van der Waals surface area contributed by atoms with Gasteiger partial charge in [0.25, 0.3) is 0 Å². The van der Waals surface area contributed by atoms with Gasteiger partial charge in [0.05, 0.1) is 6.61 Å². The molecule has 0 aromatic carbocycles. The number of hydrogen-bond acceptors (Lipinski definition) is 2. The third kappa shape index (κ3) is 2.58. The first-order valence-corrected chi connectivity index (χ1v) is 5.19. The second-order valence-electron chi connectivity index (χ2n) is 3.81. The summed E-state index contributed by atoms with van der Waals surface area (Å²) in [5, 5.41) is 9.18. The van der Waals surface area contributed by atoms with Crippen LogP contribution in [0.5, 0.6) is 0 Å². The van der Waals surface area contributed by atoms with Crippen molar-refractivity contribution >= 4 is 5.97 Å². The van der Waals surface area contributed by atoms with Gasteiger partial charge >= 0.3 is 5.97 Å². The van der Waals surface area contributed by atoms with Crippen LogP contribution in [0.4, 0.5) is 0 Å². The minimum atomic E-state index is -0.940. The van der Waals surface area contributed by atoms with Crippen LogP contribution in [0.15, 0.2) is 12.7 Å². The summed E-state index contributed by atoms with van der Waals surface area (Å²) in [6.45, 7) is 3.87. The van der Waals surface area contributed by atoms with E-state index in [1.54, 1.807) is 6.08 Å². The van der Waals surface area contributed by atoms with Gasteiger partial charge in [-0.1, -0.05) is 18.9 Å². The van der Waals surface area contributed by atoms with Gasteiger partial charge < -0.3 is 9.84 Å². The van der Waals surface area contributed by atoms with E-state index in [0.29, 0.717) is 19.4 Å². The molecule has 14 heavy (non-hydrogen) atoms. The normalized spacial score (nSPS) is 21.1. The summed E-state index contributed by atoms with van der Waals surface area (Å²) in [6, 6.07) is 0. The van der Waals surface area contributed by atoms with Crippen molar-refractivity contribution in [3.05, 3.63) is 12.7 Å². The number of rotatable bonds is 4. The summed E-state index contributed by atoms with van der Waals surface area (Å²) < 4.78 is 5.44. The van der Waals surface area contributed by atoms with Crippen LogP contribution in [-0.4, -0.2) is 23.3 Å². The number of carboxylic acids is 1. The molecule has 3 heteroatoms. The summed E-state index contributed by atoms with van der Waals surface area (Å²) in [5.41, 5.74) is -0.940. The van der Waals surface area contributed by atoms with E-state index in [0.717, 1.165) is 25.7 Å². The molecular formula is C11H18O3. The van der Waals surface area contributed by atoms with Crippen molar-refractivity contribution in [3.8, 4) is 0 Å². The Labute approximate surface area is 84.8 Å². The smallest absolute Gasteiger partial charge is 0.335 e. The molecule has 1 saturated carbocycles. The molecule has 0 spiro atoms. The van der Waals surface area contributed by atoms with Crippen LogP contribution < -0.4 is 0 Å². The first kappa shape index (κ1) is 11.2. The van der Waals surface area contributed by atoms with Gasteiger partial charge in [-0.05, 0) is 25.7 Å². The molecule has 0 aromatic heterocycles. The Morgan fingerprint density at radius 1 is 1.36 bits per heavy atom. The Hall–Kier alpha value is -0.830. The van der Waals surface area contributed by atoms with Crippen molar-refractivity contribution in [1.82, 2.24) is 0 Å². The predicted octanol–water partition coefficient (Wildman–Crippen LogP) is 2.37. The van der Waals surface area contributed by atoms with Crippen molar-refractivity contribution in [1.29, 1.82) is 0 Å². The highest BCUT2D eigenvalue weighted by molar-refractivity contribution is 5.77. The average molecular weight is 198 g/mol. The summed E-state index contributed by atoms with van der Waals surface area (Å²) in [4.78, 5) is 11.2. The monoisotopic (exact) mass is 198 g/mol. The SMILES string of the molecule is C=CCOC1(C(=O)O)CCCCCC1. The highest BCUT2D eigenvalue weighted by Gasteiger charge is 2.39. The molecule has 1 aliphatic rings. The minimum absolute atomic E-state index is 0.326. The molecule has 0 aliphatic heterocycles. The van der Waals surface area contributed by atoms with E-state index in [9.17, 15) is 9.90 Å². The zero-order valence-electron chi connectivity index (χ0n) is 8.50. The second kappa shape index (κ2) is 5.15. The molecule has 1 fully saturated rings. The molecule has 0 saturated heterocycles. The molecule has 0 unspecified atom stereocenters. The maximum Gasteiger partial charge on any atom is 0.335 e. The molecule has 0 atom stereocenters. The lowest BCUT2D eigenvalue weighted by Crippen LogP contribution is -2.41. The fraction of sp³-hybridized carbons (Fsp3) is 0.727. The second-order valence-corrected chi connectivity index (χ2v) is 3.81. The van der Waals surface area contributed by atoms with Gasteiger partial charge in [-0.3, -0.25) is 0 Å². The number of ether oxygens (including phenoxy) is 1. The van der Waals surface area contributed by atoms with Crippen LogP contribution in [0.25, 0.3) is 0 Å². The van der Waals surface area contributed by atoms with E-state index in [1.165, 1.54) is 0 Å². The topological polar surface area (TPSA) is 46.5 Å². The van der Waals surface area contributed by atoms with E-state index in [4.69, 9.17) is 4.74 Å². The zero-order valence-corrected chi connectivity index (χ0v) is 8.50. The molecule has 3 nitrogen and oxygen atoms in total. The lowest BCUT2D eigenvalue weighted by molar-refractivity contribution is -0.166. The van der Waals surface area contributed by atoms with Crippen molar-refractivity contribution < 1.29 is 14.6 Å². The molecule has 1 N–H and O–H groups in total. The highest BCUT2D eigenvalue weighted by Crippen LogP contribution is 2.30. The van der Waals surface area contributed by atoms with Crippen molar-refractivity contribution in [2.45, 2.75) is 44.1 Å². The van der Waals surface area contributed by atoms with Crippen LogP contribution in [0.1, 0.15) is 38.5 Å². The van der Waals surface area contributed by atoms with E-state index < -0.39 is 11.6 Å². The molecule has 0 bridgehead atoms. The third-order valence-corrected chi connectivity index (χ3v) is 2.78.